The van der Waals surface area contributed by atoms with Crippen molar-refractivity contribution in [3.05, 3.63) is 23.8 Å². The van der Waals surface area contributed by atoms with Crippen molar-refractivity contribution in [1.82, 2.24) is 0 Å². The molecule has 0 aromatic heterocycles. The van der Waals surface area contributed by atoms with Gasteiger partial charge in [-0.15, -0.1) is 0 Å². The highest BCUT2D eigenvalue weighted by atomic mass is 16.1. The molecular formula is C21H30O. The Labute approximate surface area is 135 Å². The molecule has 0 aliphatic heterocycles. The fourth-order valence-electron chi connectivity index (χ4n) is 6.69. The topological polar surface area (TPSA) is 17.1 Å². The lowest BCUT2D eigenvalue weighted by Gasteiger charge is -2.58. The van der Waals surface area contributed by atoms with E-state index in [2.05, 4.69) is 33.8 Å². The Morgan fingerprint density at radius 2 is 1.73 bits per heavy atom. The Balaban J connectivity index is 1.71. The molecule has 1 nitrogen and oxygen atoms in total. The number of hydrogen-bond donors (Lipinski definition) is 0. The molecule has 4 aliphatic carbocycles. The van der Waals surface area contributed by atoms with Gasteiger partial charge in [0.2, 0.25) is 0 Å². The van der Waals surface area contributed by atoms with E-state index in [1.54, 1.807) is 0 Å². The zero-order valence-corrected chi connectivity index (χ0v) is 14.6. The van der Waals surface area contributed by atoms with Crippen molar-refractivity contribution in [3.63, 3.8) is 0 Å². The lowest BCUT2D eigenvalue weighted by molar-refractivity contribution is -0.111. The van der Waals surface area contributed by atoms with Crippen molar-refractivity contribution in [3.8, 4) is 0 Å². The standard InChI is InChI=1S/C21H30O/c1-19(2)10-8-18-16-6-5-14-13-15(22)7-11-20(14,3)17(16)9-12-21(18,19)4/h7,11,13,16-18H,5-6,8-10,12H2,1-4H3/t16?,17-,18-,20-,21-/m0/s1. The van der Waals surface area contributed by atoms with Crippen LogP contribution in [0.25, 0.3) is 0 Å². The normalized spacial score (nSPS) is 49.2. The maximum absolute atomic E-state index is 11.8. The quantitative estimate of drug-likeness (QED) is 0.591. The third-order valence-electron chi connectivity index (χ3n) is 8.57. The van der Waals surface area contributed by atoms with Crippen LogP contribution in [0.3, 0.4) is 0 Å². The predicted octanol–water partition coefficient (Wildman–Crippen LogP) is 5.32. The first-order chi connectivity index (χ1) is 10.3. The minimum absolute atomic E-state index is 0.158. The molecule has 0 heterocycles. The highest BCUT2D eigenvalue weighted by Gasteiger charge is 2.60. The van der Waals surface area contributed by atoms with Crippen LogP contribution < -0.4 is 0 Å². The van der Waals surface area contributed by atoms with Crippen molar-refractivity contribution in [2.45, 2.75) is 66.2 Å². The van der Waals surface area contributed by atoms with Crippen LogP contribution in [0, 0.1) is 34.0 Å². The molecule has 0 aromatic rings. The summed E-state index contributed by atoms with van der Waals surface area (Å²) < 4.78 is 0. The molecule has 22 heavy (non-hydrogen) atoms. The molecule has 3 fully saturated rings. The lowest BCUT2D eigenvalue weighted by atomic mass is 9.46. The average Bonchev–Trinajstić information content (AvgIpc) is 2.70. The summed E-state index contributed by atoms with van der Waals surface area (Å²) in [5, 5.41) is 0. The van der Waals surface area contributed by atoms with Gasteiger partial charge in [0, 0.05) is 5.41 Å². The molecule has 0 bridgehead atoms. The highest BCUT2D eigenvalue weighted by Crippen LogP contribution is 2.69. The van der Waals surface area contributed by atoms with E-state index in [4.69, 9.17) is 0 Å². The van der Waals surface area contributed by atoms with E-state index in [1.165, 1.54) is 37.7 Å². The van der Waals surface area contributed by atoms with Gasteiger partial charge in [-0.05, 0) is 79.3 Å². The fraction of sp³-hybridized carbons (Fsp3) is 0.762. The predicted molar refractivity (Wildman–Crippen MR) is 90.4 cm³/mol. The third-order valence-corrected chi connectivity index (χ3v) is 8.57. The molecule has 1 heteroatoms. The van der Waals surface area contributed by atoms with Crippen LogP contribution in [0.4, 0.5) is 0 Å². The molecule has 4 aliphatic rings. The molecular weight excluding hydrogens is 268 g/mol. The SMILES string of the molecule is CC1(C)CC[C@H]2C3CCC4=CC(=O)C=C[C@]4(C)[C@H]3CC[C@@]21C. The molecule has 120 valence electrons. The van der Waals surface area contributed by atoms with Gasteiger partial charge in [-0.25, -0.2) is 0 Å². The Bertz CT molecular complexity index is 581. The number of fused-ring (bicyclic) bond motifs is 5. The summed E-state index contributed by atoms with van der Waals surface area (Å²) in [6.45, 7) is 9.99. The molecule has 4 rings (SSSR count). The molecule has 0 aromatic carbocycles. The minimum atomic E-state index is 0.158. The molecule has 0 spiro atoms. The summed E-state index contributed by atoms with van der Waals surface area (Å²) in [4.78, 5) is 11.8. The van der Waals surface area contributed by atoms with Gasteiger partial charge in [-0.3, -0.25) is 4.79 Å². The van der Waals surface area contributed by atoms with Crippen molar-refractivity contribution < 1.29 is 4.79 Å². The van der Waals surface area contributed by atoms with E-state index in [9.17, 15) is 4.79 Å². The summed E-state index contributed by atoms with van der Waals surface area (Å²) in [6.07, 6.45) is 14.0. The van der Waals surface area contributed by atoms with Gasteiger partial charge in [0.05, 0.1) is 0 Å². The molecule has 5 atom stereocenters. The largest absolute Gasteiger partial charge is 0.290 e. The van der Waals surface area contributed by atoms with Crippen LogP contribution in [0.5, 0.6) is 0 Å². The minimum Gasteiger partial charge on any atom is -0.290 e. The van der Waals surface area contributed by atoms with Crippen LogP contribution in [0.15, 0.2) is 23.8 Å². The summed E-state index contributed by atoms with van der Waals surface area (Å²) in [5.41, 5.74) is 2.60. The van der Waals surface area contributed by atoms with E-state index in [0.717, 1.165) is 24.2 Å². The zero-order valence-electron chi connectivity index (χ0n) is 14.6. The Morgan fingerprint density at radius 1 is 1.00 bits per heavy atom. The number of hydrogen-bond acceptors (Lipinski definition) is 1. The second kappa shape index (κ2) is 4.36. The Morgan fingerprint density at radius 3 is 2.50 bits per heavy atom. The average molecular weight is 298 g/mol. The first-order valence-electron chi connectivity index (χ1n) is 9.22. The first kappa shape index (κ1) is 14.7. The van der Waals surface area contributed by atoms with E-state index in [0.29, 0.717) is 10.8 Å². The summed E-state index contributed by atoms with van der Waals surface area (Å²) in [7, 11) is 0. The molecule has 0 radical (unpaired) electrons. The second-order valence-corrected chi connectivity index (χ2v) is 9.48. The van der Waals surface area contributed by atoms with Crippen LogP contribution in [-0.4, -0.2) is 5.78 Å². The Hall–Kier alpha value is -0.850. The van der Waals surface area contributed by atoms with Crippen LogP contribution >= 0.6 is 0 Å². The fourth-order valence-corrected chi connectivity index (χ4v) is 6.69. The van der Waals surface area contributed by atoms with Gasteiger partial charge in [-0.2, -0.15) is 0 Å². The van der Waals surface area contributed by atoms with Gasteiger partial charge < -0.3 is 0 Å². The smallest absolute Gasteiger partial charge is 0.178 e. The number of ketones is 1. The Kier molecular flexibility index (Phi) is 2.92. The summed E-state index contributed by atoms with van der Waals surface area (Å²) >= 11 is 0. The van der Waals surface area contributed by atoms with Crippen LogP contribution in [-0.2, 0) is 4.79 Å². The number of carbonyl (C=O) groups excluding carboxylic acids is 1. The van der Waals surface area contributed by atoms with E-state index in [1.807, 2.05) is 12.2 Å². The van der Waals surface area contributed by atoms with Gasteiger partial charge in [0.15, 0.2) is 5.78 Å². The van der Waals surface area contributed by atoms with Crippen molar-refractivity contribution in [2.24, 2.45) is 34.0 Å². The molecule has 0 N–H and O–H groups in total. The van der Waals surface area contributed by atoms with E-state index in [-0.39, 0.29) is 11.2 Å². The second-order valence-electron chi connectivity index (χ2n) is 9.48. The molecule has 0 saturated heterocycles. The zero-order chi connectivity index (χ0) is 15.8. The maximum atomic E-state index is 11.8. The van der Waals surface area contributed by atoms with Gasteiger partial charge in [0.1, 0.15) is 0 Å². The van der Waals surface area contributed by atoms with Gasteiger partial charge >= 0.3 is 0 Å². The van der Waals surface area contributed by atoms with Crippen LogP contribution in [0.1, 0.15) is 66.2 Å². The van der Waals surface area contributed by atoms with Crippen molar-refractivity contribution in [2.75, 3.05) is 0 Å². The van der Waals surface area contributed by atoms with Gasteiger partial charge in [0.25, 0.3) is 0 Å². The first-order valence-corrected chi connectivity index (χ1v) is 9.22. The van der Waals surface area contributed by atoms with E-state index >= 15 is 0 Å². The molecule has 3 saturated carbocycles. The van der Waals surface area contributed by atoms with Crippen molar-refractivity contribution in [1.29, 1.82) is 0 Å². The summed E-state index contributed by atoms with van der Waals surface area (Å²) in [5.74, 6) is 2.71. The molecule has 1 unspecified atom stereocenters. The summed E-state index contributed by atoms with van der Waals surface area (Å²) in [6, 6.07) is 0. The monoisotopic (exact) mass is 298 g/mol. The third kappa shape index (κ3) is 1.69. The van der Waals surface area contributed by atoms with Crippen molar-refractivity contribution >= 4 is 5.78 Å². The van der Waals surface area contributed by atoms with E-state index < -0.39 is 0 Å². The molecule has 0 amide bonds. The number of carbonyl (C=O) groups is 1. The van der Waals surface area contributed by atoms with Crippen LogP contribution in [0.2, 0.25) is 0 Å². The lowest BCUT2D eigenvalue weighted by Crippen LogP contribution is -2.50. The number of allylic oxidation sites excluding steroid dienone is 4. The highest BCUT2D eigenvalue weighted by molar-refractivity contribution is 6.01. The maximum Gasteiger partial charge on any atom is 0.178 e. The number of rotatable bonds is 0. The van der Waals surface area contributed by atoms with Gasteiger partial charge in [-0.1, -0.05) is 39.3 Å².